The summed E-state index contributed by atoms with van der Waals surface area (Å²) in [6.45, 7) is 7.79. The quantitative estimate of drug-likeness (QED) is 0.626. The maximum atomic E-state index is 14.2. The predicted molar refractivity (Wildman–Crippen MR) is 132 cm³/mol. The Morgan fingerprint density at radius 2 is 1.97 bits per heavy atom. The number of pyridine rings is 1. The van der Waals surface area contributed by atoms with Crippen LogP contribution in [0.25, 0.3) is 0 Å². The lowest BCUT2D eigenvalue weighted by Gasteiger charge is -2.41. The fourth-order valence-corrected chi connectivity index (χ4v) is 5.75. The molecule has 0 saturated carbocycles. The molecule has 7 heteroatoms. The largest absolute Gasteiger partial charge is 0.338 e. The SMILES string of the molecule is Cc1cc(C2=NCC3=C2CN(C(=O)CC2(C)CCCN(Cc4c(F)cccc4F)C2)CC3)ccn1. The van der Waals surface area contributed by atoms with Crippen molar-refractivity contribution in [1.82, 2.24) is 14.8 Å². The van der Waals surface area contributed by atoms with E-state index in [0.29, 0.717) is 26.1 Å². The van der Waals surface area contributed by atoms with Gasteiger partial charge in [-0.25, -0.2) is 8.78 Å². The van der Waals surface area contributed by atoms with E-state index in [0.717, 1.165) is 49.3 Å². The Balaban J connectivity index is 1.24. The van der Waals surface area contributed by atoms with Crippen molar-refractivity contribution in [1.29, 1.82) is 0 Å². The van der Waals surface area contributed by atoms with Crippen molar-refractivity contribution in [3.63, 3.8) is 0 Å². The summed E-state index contributed by atoms with van der Waals surface area (Å²) < 4.78 is 28.4. The van der Waals surface area contributed by atoms with E-state index in [-0.39, 0.29) is 23.4 Å². The zero-order valence-corrected chi connectivity index (χ0v) is 20.5. The molecule has 3 aliphatic heterocycles. The number of piperidine rings is 1. The highest BCUT2D eigenvalue weighted by Crippen LogP contribution is 2.36. The van der Waals surface area contributed by atoms with Crippen LogP contribution >= 0.6 is 0 Å². The number of carbonyl (C=O) groups is 1. The Morgan fingerprint density at radius 3 is 2.74 bits per heavy atom. The first-order valence-corrected chi connectivity index (χ1v) is 12.4. The molecule has 1 atom stereocenters. The average molecular weight is 479 g/mol. The number of amides is 1. The van der Waals surface area contributed by atoms with Crippen molar-refractivity contribution >= 4 is 11.6 Å². The predicted octanol–water partition coefficient (Wildman–Crippen LogP) is 4.69. The highest BCUT2D eigenvalue weighted by atomic mass is 19.1. The van der Waals surface area contributed by atoms with E-state index in [9.17, 15) is 13.6 Å². The minimum absolute atomic E-state index is 0.109. The summed E-state index contributed by atoms with van der Waals surface area (Å²) in [5, 5.41) is 0. The molecule has 0 bridgehead atoms. The van der Waals surface area contributed by atoms with Crippen LogP contribution in [-0.4, -0.2) is 59.1 Å². The van der Waals surface area contributed by atoms with Crippen molar-refractivity contribution < 1.29 is 13.6 Å². The molecule has 1 unspecified atom stereocenters. The van der Waals surface area contributed by atoms with Gasteiger partial charge in [-0.2, -0.15) is 0 Å². The molecule has 3 aliphatic rings. The van der Waals surface area contributed by atoms with Crippen molar-refractivity contribution in [2.75, 3.05) is 32.7 Å². The molecule has 1 fully saturated rings. The first-order valence-electron chi connectivity index (χ1n) is 12.4. The number of nitrogens with zero attached hydrogens (tertiary/aromatic N) is 4. The van der Waals surface area contributed by atoms with Gasteiger partial charge in [0.2, 0.25) is 5.91 Å². The molecule has 184 valence electrons. The Hall–Kier alpha value is -2.93. The first-order chi connectivity index (χ1) is 16.8. The van der Waals surface area contributed by atoms with Gasteiger partial charge in [0.15, 0.2) is 0 Å². The zero-order valence-electron chi connectivity index (χ0n) is 20.5. The van der Waals surface area contributed by atoms with E-state index in [1.807, 2.05) is 24.0 Å². The fourth-order valence-electron chi connectivity index (χ4n) is 5.75. The topological polar surface area (TPSA) is 48.8 Å². The van der Waals surface area contributed by atoms with Crippen LogP contribution in [0.15, 0.2) is 52.7 Å². The summed E-state index contributed by atoms with van der Waals surface area (Å²) in [4.78, 5) is 26.6. The van der Waals surface area contributed by atoms with E-state index < -0.39 is 11.6 Å². The van der Waals surface area contributed by atoms with Crippen molar-refractivity contribution in [3.8, 4) is 0 Å². The minimum Gasteiger partial charge on any atom is -0.338 e. The molecule has 5 nitrogen and oxygen atoms in total. The van der Waals surface area contributed by atoms with Gasteiger partial charge in [-0.15, -0.1) is 0 Å². The number of likely N-dealkylation sites (tertiary alicyclic amines) is 1. The van der Waals surface area contributed by atoms with E-state index in [4.69, 9.17) is 4.99 Å². The Kier molecular flexibility index (Phi) is 6.53. The molecule has 1 aromatic carbocycles. The summed E-state index contributed by atoms with van der Waals surface area (Å²) in [6.07, 6.45) is 4.94. The average Bonchev–Trinajstić information content (AvgIpc) is 3.25. The van der Waals surface area contributed by atoms with Crippen LogP contribution in [0.3, 0.4) is 0 Å². The highest BCUT2D eigenvalue weighted by Gasteiger charge is 2.36. The second kappa shape index (κ2) is 9.61. The lowest BCUT2D eigenvalue weighted by Crippen LogP contribution is -2.46. The highest BCUT2D eigenvalue weighted by molar-refractivity contribution is 6.15. The van der Waals surface area contributed by atoms with Gasteiger partial charge in [-0.1, -0.05) is 13.0 Å². The monoisotopic (exact) mass is 478 g/mol. The molecule has 0 aliphatic carbocycles. The van der Waals surface area contributed by atoms with Gasteiger partial charge >= 0.3 is 0 Å². The molecule has 35 heavy (non-hydrogen) atoms. The zero-order chi connectivity index (χ0) is 24.6. The summed E-state index contributed by atoms with van der Waals surface area (Å²) in [5.41, 5.74) is 5.41. The molecular weight excluding hydrogens is 446 g/mol. The van der Waals surface area contributed by atoms with Gasteiger partial charge in [-0.05, 0) is 73.6 Å². The lowest BCUT2D eigenvalue weighted by atomic mass is 9.78. The van der Waals surface area contributed by atoms with Crippen LogP contribution in [0.5, 0.6) is 0 Å². The summed E-state index contributed by atoms with van der Waals surface area (Å²) in [5.74, 6) is -0.872. The summed E-state index contributed by atoms with van der Waals surface area (Å²) in [6, 6.07) is 8.03. The lowest BCUT2D eigenvalue weighted by molar-refractivity contribution is -0.134. The molecule has 0 radical (unpaired) electrons. The third-order valence-electron chi connectivity index (χ3n) is 7.58. The normalized spacial score (nSPS) is 22.9. The second-order valence-electron chi connectivity index (χ2n) is 10.5. The molecule has 2 aromatic rings. The number of hydrogen-bond donors (Lipinski definition) is 0. The van der Waals surface area contributed by atoms with E-state index in [2.05, 4.69) is 16.8 Å². The Bertz CT molecular complexity index is 1190. The van der Waals surface area contributed by atoms with Gasteiger partial charge in [0.05, 0.1) is 12.3 Å². The van der Waals surface area contributed by atoms with Gasteiger partial charge < -0.3 is 4.90 Å². The third kappa shape index (κ3) is 5.06. The molecule has 4 heterocycles. The molecule has 1 saturated heterocycles. The summed E-state index contributed by atoms with van der Waals surface area (Å²) >= 11 is 0. The van der Waals surface area contributed by atoms with Gasteiger partial charge in [0, 0.05) is 55.6 Å². The number of carbonyl (C=O) groups excluding carboxylic acids is 1. The Labute approximate surface area is 205 Å². The molecule has 1 aromatic heterocycles. The van der Waals surface area contributed by atoms with E-state index in [1.54, 1.807) is 6.20 Å². The van der Waals surface area contributed by atoms with Crippen LogP contribution in [-0.2, 0) is 11.3 Å². The van der Waals surface area contributed by atoms with Crippen molar-refractivity contribution in [2.45, 2.75) is 46.1 Å². The van der Waals surface area contributed by atoms with Gasteiger partial charge in [-0.3, -0.25) is 19.7 Å². The van der Waals surface area contributed by atoms with Gasteiger partial charge in [0.25, 0.3) is 0 Å². The van der Waals surface area contributed by atoms with E-state index in [1.165, 1.54) is 29.3 Å². The Morgan fingerprint density at radius 1 is 1.17 bits per heavy atom. The second-order valence-corrected chi connectivity index (χ2v) is 10.5. The number of aliphatic imine (C=N–C) groups is 1. The molecule has 0 N–H and O–H groups in total. The molecule has 5 rings (SSSR count). The standard InChI is InChI=1S/C28H32F2N4O/c1-19-13-20(7-10-31-19)27-22-17-34(12-8-21(22)15-32-27)26(35)14-28(2)9-4-11-33(18-28)16-23-24(29)5-3-6-25(23)30/h3,5-7,10,13H,4,8-9,11-12,14-18H2,1-2H3. The number of aryl methyl sites for hydroxylation is 1. The number of halogens is 2. The number of benzene rings is 1. The van der Waals surface area contributed by atoms with Crippen LogP contribution in [0, 0.1) is 24.0 Å². The fraction of sp³-hybridized carbons (Fsp3) is 0.464. The third-order valence-corrected chi connectivity index (χ3v) is 7.58. The van der Waals surface area contributed by atoms with Gasteiger partial charge in [0.1, 0.15) is 11.6 Å². The van der Waals surface area contributed by atoms with Crippen LogP contribution < -0.4 is 0 Å². The number of hydrogen-bond acceptors (Lipinski definition) is 4. The summed E-state index contributed by atoms with van der Waals surface area (Å²) in [7, 11) is 0. The maximum absolute atomic E-state index is 14.2. The molecule has 0 spiro atoms. The van der Waals surface area contributed by atoms with Crippen LogP contribution in [0.4, 0.5) is 8.78 Å². The number of rotatable bonds is 5. The smallest absolute Gasteiger partial charge is 0.223 e. The number of aromatic nitrogens is 1. The van der Waals surface area contributed by atoms with Crippen LogP contribution in [0.2, 0.25) is 0 Å². The molecule has 1 amide bonds. The van der Waals surface area contributed by atoms with E-state index >= 15 is 0 Å². The van der Waals surface area contributed by atoms with Crippen LogP contribution in [0.1, 0.15) is 49.4 Å². The minimum atomic E-state index is -0.510. The maximum Gasteiger partial charge on any atom is 0.223 e. The first kappa shape index (κ1) is 23.8. The molecular formula is C28H32F2N4O. The van der Waals surface area contributed by atoms with Crippen molar-refractivity contribution in [2.24, 2.45) is 10.4 Å². The van der Waals surface area contributed by atoms with Crippen molar-refractivity contribution in [3.05, 3.63) is 76.1 Å².